The summed E-state index contributed by atoms with van der Waals surface area (Å²) in [6.45, 7) is 23.0. The number of amides is 9. The SMILES string of the molecule is C/C(=C\[C@H](C(C)C)N(C)C(=O)[C@@H](NC(=O)[C@@H](N(C)C(=O)OC(C)(C)C)C(C)(C)c1ccccc1)C(C)(C)C)C(=O)NS(=O)(=O)c1ccc(C2(NC(=O)[C@@H](CCCNC(N)=O)NC(=O)[C@H](NC(=O)OCC3c4ccccc4-c4ccccc43)C(C)C)CC2)cc1. The van der Waals surface area contributed by atoms with Crippen molar-refractivity contribution in [2.45, 2.75) is 173 Å². The van der Waals surface area contributed by atoms with Crippen LogP contribution in [0.3, 0.4) is 0 Å². The number of benzene rings is 4. The van der Waals surface area contributed by atoms with Crippen molar-refractivity contribution in [1.29, 1.82) is 0 Å². The Labute approximate surface area is 524 Å². The molecule has 0 spiro atoms. The van der Waals surface area contributed by atoms with Crippen LogP contribution >= 0.6 is 0 Å². The molecule has 0 radical (unpaired) electrons. The first kappa shape index (κ1) is 69.8. The second-order valence-electron chi connectivity index (χ2n) is 26.6. The molecule has 2 aliphatic rings. The molecule has 4 aromatic carbocycles. The van der Waals surface area contributed by atoms with Crippen LogP contribution < -0.4 is 37.0 Å². The molecule has 4 aromatic rings. The van der Waals surface area contributed by atoms with Gasteiger partial charge in [-0.25, -0.2) is 27.5 Å². The van der Waals surface area contributed by atoms with Gasteiger partial charge in [0.05, 0.1) is 16.5 Å². The van der Waals surface area contributed by atoms with E-state index in [1.165, 1.54) is 54.1 Å². The summed E-state index contributed by atoms with van der Waals surface area (Å²) in [5, 5.41) is 14.0. The molecule has 0 bridgehead atoms. The van der Waals surface area contributed by atoms with Gasteiger partial charge in [-0.15, -0.1) is 0 Å². The highest BCUT2D eigenvalue weighted by molar-refractivity contribution is 7.90. The van der Waals surface area contributed by atoms with Crippen molar-refractivity contribution in [2.75, 3.05) is 27.2 Å². The first-order valence-corrected chi connectivity index (χ1v) is 31.7. The van der Waals surface area contributed by atoms with Crippen LogP contribution in [0.2, 0.25) is 0 Å². The van der Waals surface area contributed by atoms with Crippen LogP contribution in [0.4, 0.5) is 14.4 Å². The molecule has 1 fully saturated rings. The van der Waals surface area contributed by atoms with E-state index < -0.39 is 116 Å². The minimum atomic E-state index is -4.49. The van der Waals surface area contributed by atoms with Gasteiger partial charge in [-0.05, 0) is 116 Å². The minimum Gasteiger partial charge on any atom is -0.449 e. The summed E-state index contributed by atoms with van der Waals surface area (Å²) in [5.74, 6) is -4.21. The van der Waals surface area contributed by atoms with E-state index in [1.54, 1.807) is 62.4 Å². The zero-order chi connectivity index (χ0) is 66.1. The molecule has 0 heterocycles. The molecule has 5 atom stereocenters. The number of fused-ring (bicyclic) bond motifs is 3. The van der Waals surface area contributed by atoms with Crippen LogP contribution in [-0.4, -0.2) is 129 Å². The second kappa shape index (κ2) is 28.5. The normalized spacial score (nSPS) is 15.6. The molecule has 482 valence electrons. The van der Waals surface area contributed by atoms with Gasteiger partial charge in [0.1, 0.15) is 36.4 Å². The molecule has 0 aromatic heterocycles. The Morgan fingerprint density at radius 1 is 0.708 bits per heavy atom. The van der Waals surface area contributed by atoms with Crippen LogP contribution in [-0.2, 0) is 54.4 Å². The van der Waals surface area contributed by atoms with Crippen molar-refractivity contribution in [2.24, 2.45) is 23.0 Å². The largest absolute Gasteiger partial charge is 0.449 e. The zero-order valence-corrected chi connectivity index (χ0v) is 54.8. The number of carbonyl (C=O) groups excluding carboxylic acids is 8. The number of nitrogens with one attached hydrogen (secondary N) is 6. The van der Waals surface area contributed by atoms with Gasteiger partial charge in [0.2, 0.25) is 23.6 Å². The molecule has 0 unspecified atom stereocenters. The molecule has 1 saturated carbocycles. The van der Waals surface area contributed by atoms with Gasteiger partial charge in [0, 0.05) is 37.5 Å². The number of nitrogens with two attached hydrogens (primary N) is 1. The van der Waals surface area contributed by atoms with Crippen molar-refractivity contribution in [1.82, 2.24) is 41.1 Å². The van der Waals surface area contributed by atoms with Crippen molar-refractivity contribution < 1.29 is 56.2 Å². The summed E-state index contributed by atoms with van der Waals surface area (Å²) < 4.78 is 41.4. The van der Waals surface area contributed by atoms with Crippen molar-refractivity contribution >= 4 is 57.8 Å². The molecule has 2 aliphatic carbocycles. The van der Waals surface area contributed by atoms with E-state index >= 15 is 0 Å². The number of alkyl carbamates (subject to hydrolysis) is 1. The molecule has 21 nitrogen and oxygen atoms in total. The number of urea groups is 1. The van der Waals surface area contributed by atoms with Crippen molar-refractivity contribution in [3.63, 3.8) is 0 Å². The first-order chi connectivity index (χ1) is 41.5. The third-order valence-electron chi connectivity index (χ3n) is 16.4. The Hall–Kier alpha value is -8.27. The van der Waals surface area contributed by atoms with Gasteiger partial charge in [0.15, 0.2) is 0 Å². The van der Waals surface area contributed by atoms with E-state index in [0.29, 0.717) is 18.4 Å². The number of hydrogen-bond acceptors (Lipinski definition) is 12. The Morgan fingerprint density at radius 2 is 1.27 bits per heavy atom. The van der Waals surface area contributed by atoms with Crippen LogP contribution in [0.5, 0.6) is 0 Å². The van der Waals surface area contributed by atoms with Gasteiger partial charge in [-0.2, -0.15) is 0 Å². The maximum absolute atomic E-state index is 14.8. The number of carbonyl (C=O) groups is 8. The monoisotopic (exact) mass is 1250 g/mol. The number of nitrogens with zero attached hydrogens (tertiary/aromatic N) is 2. The van der Waals surface area contributed by atoms with E-state index in [0.717, 1.165) is 27.8 Å². The molecule has 6 rings (SSSR count). The molecule has 8 N–H and O–H groups in total. The zero-order valence-electron chi connectivity index (χ0n) is 54.0. The minimum absolute atomic E-state index is 0.0111. The van der Waals surface area contributed by atoms with Crippen LogP contribution in [0.1, 0.15) is 144 Å². The van der Waals surface area contributed by atoms with Crippen LogP contribution in [0.25, 0.3) is 11.1 Å². The van der Waals surface area contributed by atoms with E-state index in [1.807, 2.05) is 107 Å². The third kappa shape index (κ3) is 17.5. The lowest BCUT2D eigenvalue weighted by Gasteiger charge is -2.42. The Bertz CT molecular complexity index is 3340. The number of rotatable bonds is 25. The van der Waals surface area contributed by atoms with E-state index in [4.69, 9.17) is 15.2 Å². The Morgan fingerprint density at radius 3 is 1.79 bits per heavy atom. The lowest BCUT2D eigenvalue weighted by atomic mass is 9.76. The predicted molar refractivity (Wildman–Crippen MR) is 340 cm³/mol. The van der Waals surface area contributed by atoms with E-state index in [-0.39, 0.29) is 48.3 Å². The van der Waals surface area contributed by atoms with Gasteiger partial charge in [0.25, 0.3) is 15.9 Å². The van der Waals surface area contributed by atoms with Crippen LogP contribution in [0, 0.1) is 17.3 Å². The second-order valence-corrected chi connectivity index (χ2v) is 28.3. The molecule has 0 saturated heterocycles. The number of ether oxygens (including phenoxy) is 2. The maximum atomic E-state index is 14.8. The lowest BCUT2D eigenvalue weighted by molar-refractivity contribution is -0.141. The molecular formula is C67H91N9O12S. The molecular weight excluding hydrogens is 1150 g/mol. The molecule has 89 heavy (non-hydrogen) atoms. The average Bonchev–Trinajstić information content (AvgIpc) is 2.19. The summed E-state index contributed by atoms with van der Waals surface area (Å²) in [6.07, 6.45) is 1.22. The van der Waals surface area contributed by atoms with Gasteiger partial charge in [-0.3, -0.25) is 28.9 Å². The van der Waals surface area contributed by atoms with Gasteiger partial charge in [-0.1, -0.05) is 159 Å². The molecule has 22 heteroatoms. The Balaban J connectivity index is 1.12. The summed E-state index contributed by atoms with van der Waals surface area (Å²) in [5.41, 5.74) is 7.11. The number of sulfonamides is 1. The van der Waals surface area contributed by atoms with E-state index in [9.17, 15) is 46.8 Å². The van der Waals surface area contributed by atoms with Crippen LogP contribution in [0.15, 0.2) is 120 Å². The van der Waals surface area contributed by atoms with Gasteiger partial charge >= 0.3 is 18.2 Å². The topological polar surface area (TPSA) is 294 Å². The standard InChI is InChI=1S/C67H91N9O12S/c1-40(2)52(75(14)60(81)54(64(6,7)8)72-59(80)55(76(15)63(84)88-65(9,10)11)66(12,13)43-24-17-16-18-25-43)38-42(5)56(77)74-89(85,86)45-33-31-44(32-34-45)67(35-36-67)73-57(78)51(30-23-37-69-61(68)82)70-58(79)53(41(3)4)71-62(83)87-39-50-48-28-21-19-26-46(48)47-27-20-22-29-49(47)50/h16-22,24-29,31-34,38,40-41,50-55H,23,30,35-37,39H2,1-15H3,(H,70,79)(H,71,83)(H,72,80)(H,73,78)(H,74,77)(H3,68,69,82)/b42-38+/t51-,52-,53-,54-,55-/m1/s1. The highest BCUT2D eigenvalue weighted by Gasteiger charge is 2.48. The summed E-state index contributed by atoms with van der Waals surface area (Å²) in [4.78, 5) is 113. The first-order valence-electron chi connectivity index (χ1n) is 30.2. The average molecular weight is 1250 g/mol. The Kier molecular flexibility index (Phi) is 22.3. The number of likely N-dealkylation sites (N-methyl/N-ethyl adjacent to an activating group) is 2. The fourth-order valence-electron chi connectivity index (χ4n) is 11.3. The smallest absolute Gasteiger partial charge is 0.410 e. The van der Waals surface area contributed by atoms with E-state index in [2.05, 4.69) is 31.3 Å². The number of hydrogen-bond donors (Lipinski definition) is 7. The molecule has 9 amide bonds. The third-order valence-corrected chi connectivity index (χ3v) is 17.7. The lowest BCUT2D eigenvalue weighted by Crippen LogP contribution is -2.63. The highest BCUT2D eigenvalue weighted by atomic mass is 32.2. The number of primary amides is 1. The summed E-state index contributed by atoms with van der Waals surface area (Å²) >= 11 is 0. The van der Waals surface area contributed by atoms with Crippen molar-refractivity contribution in [3.8, 4) is 11.1 Å². The van der Waals surface area contributed by atoms with Gasteiger partial charge < -0.3 is 46.7 Å². The maximum Gasteiger partial charge on any atom is 0.410 e. The fourth-order valence-corrected chi connectivity index (χ4v) is 12.3. The predicted octanol–water partition coefficient (Wildman–Crippen LogP) is 8.27. The quantitative estimate of drug-likeness (QED) is 0.0244. The molecule has 0 aliphatic heterocycles. The fraction of sp³-hybridized carbons (Fsp3) is 0.493. The summed E-state index contributed by atoms with van der Waals surface area (Å²) in [7, 11) is -1.46. The summed E-state index contributed by atoms with van der Waals surface area (Å²) in [6, 6.07) is 24.7. The van der Waals surface area contributed by atoms with Crippen molar-refractivity contribution in [3.05, 3.63) is 137 Å². The highest BCUT2D eigenvalue weighted by Crippen LogP contribution is 2.46.